The highest BCUT2D eigenvalue weighted by Gasteiger charge is 2.26. The van der Waals surface area contributed by atoms with Gasteiger partial charge in [-0.25, -0.2) is 0 Å². The summed E-state index contributed by atoms with van der Waals surface area (Å²) < 4.78 is 0. The Balaban J connectivity index is 1.71. The molecule has 0 radical (unpaired) electrons. The minimum atomic E-state index is -0.0941. The lowest BCUT2D eigenvalue weighted by molar-refractivity contribution is 0.0521. The Kier molecular flexibility index (Phi) is 4.31. The second kappa shape index (κ2) is 5.53. The van der Waals surface area contributed by atoms with Gasteiger partial charge in [0.1, 0.15) is 0 Å². The van der Waals surface area contributed by atoms with E-state index in [-0.39, 0.29) is 6.10 Å². The molecule has 2 rings (SSSR count). The number of hydrogen-bond donors (Lipinski definition) is 1. The Hall–Kier alpha value is 0.230. The van der Waals surface area contributed by atoms with Crippen molar-refractivity contribution in [2.45, 2.75) is 12.5 Å². The molecule has 2 saturated heterocycles. The summed E-state index contributed by atoms with van der Waals surface area (Å²) in [4.78, 5) is 4.77. The van der Waals surface area contributed by atoms with Crippen LogP contribution in [0.1, 0.15) is 6.42 Å². The van der Waals surface area contributed by atoms with Gasteiger partial charge in [0.2, 0.25) is 0 Å². The van der Waals surface area contributed by atoms with Crippen molar-refractivity contribution in [1.82, 2.24) is 9.80 Å². The van der Waals surface area contributed by atoms with E-state index >= 15 is 0 Å². The Bertz CT molecular complexity index is 189. The molecule has 1 N–H and O–H groups in total. The quantitative estimate of drug-likeness (QED) is 0.757. The highest BCUT2D eigenvalue weighted by Crippen LogP contribution is 2.26. The lowest BCUT2D eigenvalue weighted by Crippen LogP contribution is -2.48. The number of rotatable bonds is 3. The lowest BCUT2D eigenvalue weighted by Gasteiger charge is -2.34. The monoisotopic (exact) mass is 230 g/mol. The van der Waals surface area contributed by atoms with Crippen molar-refractivity contribution in [3.05, 3.63) is 0 Å². The van der Waals surface area contributed by atoms with Gasteiger partial charge in [-0.1, -0.05) is 0 Å². The molecular weight excluding hydrogens is 208 g/mol. The molecule has 4 heteroatoms. The summed E-state index contributed by atoms with van der Waals surface area (Å²) in [7, 11) is 2.17. The number of thioether (sulfide) groups is 1. The van der Waals surface area contributed by atoms with Crippen molar-refractivity contribution in [1.29, 1.82) is 0 Å². The summed E-state index contributed by atoms with van der Waals surface area (Å²) in [6, 6.07) is 0. The van der Waals surface area contributed by atoms with Crippen molar-refractivity contribution in [2.75, 3.05) is 51.3 Å². The molecule has 0 amide bonds. The summed E-state index contributed by atoms with van der Waals surface area (Å²) in [5.41, 5.74) is 0. The van der Waals surface area contributed by atoms with E-state index in [2.05, 4.69) is 16.8 Å². The van der Waals surface area contributed by atoms with E-state index in [1.165, 1.54) is 12.2 Å². The van der Waals surface area contributed by atoms with Crippen LogP contribution in [0.3, 0.4) is 0 Å². The number of nitrogens with zero attached hydrogens (tertiary/aromatic N) is 2. The molecule has 2 atom stereocenters. The largest absolute Gasteiger partial charge is 0.391 e. The highest BCUT2D eigenvalue weighted by molar-refractivity contribution is 7.99. The molecule has 15 heavy (non-hydrogen) atoms. The van der Waals surface area contributed by atoms with Crippen LogP contribution in [0, 0.1) is 5.92 Å². The maximum absolute atomic E-state index is 10.1. The van der Waals surface area contributed by atoms with Crippen molar-refractivity contribution >= 4 is 11.8 Å². The van der Waals surface area contributed by atoms with E-state index < -0.39 is 0 Å². The first-order chi connectivity index (χ1) is 7.25. The molecule has 0 bridgehead atoms. The topological polar surface area (TPSA) is 26.7 Å². The maximum atomic E-state index is 10.1. The third kappa shape index (κ3) is 3.34. The van der Waals surface area contributed by atoms with E-state index in [9.17, 15) is 5.11 Å². The summed E-state index contributed by atoms with van der Waals surface area (Å²) in [6.07, 6.45) is 1.11. The van der Waals surface area contributed by atoms with Crippen LogP contribution in [-0.4, -0.2) is 72.3 Å². The zero-order valence-corrected chi connectivity index (χ0v) is 10.4. The smallest absolute Gasteiger partial charge is 0.0703 e. The average molecular weight is 230 g/mol. The third-order valence-corrected chi connectivity index (χ3v) is 4.74. The first kappa shape index (κ1) is 11.7. The minimum Gasteiger partial charge on any atom is -0.391 e. The fourth-order valence-electron chi connectivity index (χ4n) is 2.30. The van der Waals surface area contributed by atoms with Gasteiger partial charge in [-0.05, 0) is 30.9 Å². The molecule has 2 heterocycles. The van der Waals surface area contributed by atoms with Crippen LogP contribution in [0.5, 0.6) is 0 Å². The number of piperazine rings is 1. The summed E-state index contributed by atoms with van der Waals surface area (Å²) in [6.45, 7) is 5.41. The molecule has 2 aliphatic rings. The van der Waals surface area contributed by atoms with Crippen molar-refractivity contribution < 1.29 is 5.11 Å². The number of hydrogen-bond acceptors (Lipinski definition) is 4. The molecule has 0 aliphatic carbocycles. The van der Waals surface area contributed by atoms with Gasteiger partial charge in [-0.2, -0.15) is 11.8 Å². The van der Waals surface area contributed by atoms with E-state index in [1.807, 2.05) is 11.8 Å². The van der Waals surface area contributed by atoms with E-state index in [1.54, 1.807) is 0 Å². The molecule has 88 valence electrons. The fraction of sp³-hybridized carbons (Fsp3) is 1.00. The predicted octanol–water partition coefficient (Wildman–Crippen LogP) is 0.348. The summed E-state index contributed by atoms with van der Waals surface area (Å²) in [5.74, 6) is 2.95. The number of β-amino-alcohol motifs (C(OH)–C–C–N with tert-alkyl or cyclic N) is 1. The Labute approximate surface area is 96.8 Å². The van der Waals surface area contributed by atoms with Gasteiger partial charge < -0.3 is 10.0 Å². The lowest BCUT2D eigenvalue weighted by atomic mass is 10.0. The normalized spacial score (nSPS) is 32.0. The first-order valence-electron chi connectivity index (χ1n) is 5.92. The Morgan fingerprint density at radius 1 is 1.33 bits per heavy atom. The fourth-order valence-corrected chi connectivity index (χ4v) is 3.63. The van der Waals surface area contributed by atoms with E-state index in [0.717, 1.165) is 38.5 Å². The molecule has 0 aromatic heterocycles. The number of likely N-dealkylation sites (N-methyl/N-ethyl adjacent to an activating group) is 1. The zero-order chi connectivity index (χ0) is 10.7. The van der Waals surface area contributed by atoms with Gasteiger partial charge in [-0.15, -0.1) is 0 Å². The van der Waals surface area contributed by atoms with Crippen LogP contribution < -0.4 is 0 Å². The molecule has 2 unspecified atom stereocenters. The third-order valence-electron chi connectivity index (χ3n) is 3.55. The van der Waals surface area contributed by atoms with E-state index in [4.69, 9.17) is 0 Å². The molecule has 2 aliphatic heterocycles. The van der Waals surface area contributed by atoms with Gasteiger partial charge in [0.05, 0.1) is 6.10 Å². The summed E-state index contributed by atoms with van der Waals surface area (Å²) >= 11 is 1.99. The molecule has 0 spiro atoms. The van der Waals surface area contributed by atoms with Crippen LogP contribution >= 0.6 is 11.8 Å². The van der Waals surface area contributed by atoms with Crippen LogP contribution in [-0.2, 0) is 0 Å². The SMILES string of the molecule is CN1CCN(CC(O)C2CCSC2)CC1. The standard InChI is InChI=1S/C11H22N2OS/c1-12-3-5-13(6-4-12)8-11(14)10-2-7-15-9-10/h10-11,14H,2-9H2,1H3. The average Bonchev–Trinajstić information content (AvgIpc) is 2.74. The molecule has 3 nitrogen and oxygen atoms in total. The summed E-state index contributed by atoms with van der Waals surface area (Å²) in [5, 5.41) is 10.1. The molecule has 0 saturated carbocycles. The highest BCUT2D eigenvalue weighted by atomic mass is 32.2. The Morgan fingerprint density at radius 3 is 2.67 bits per heavy atom. The van der Waals surface area contributed by atoms with E-state index in [0.29, 0.717) is 5.92 Å². The van der Waals surface area contributed by atoms with Gasteiger partial charge >= 0.3 is 0 Å². The molecule has 0 aromatic rings. The van der Waals surface area contributed by atoms with Gasteiger partial charge in [0.25, 0.3) is 0 Å². The molecular formula is C11H22N2OS. The zero-order valence-electron chi connectivity index (χ0n) is 9.56. The van der Waals surface area contributed by atoms with Crippen LogP contribution in [0.15, 0.2) is 0 Å². The number of aliphatic hydroxyl groups excluding tert-OH is 1. The van der Waals surface area contributed by atoms with Crippen molar-refractivity contribution in [3.63, 3.8) is 0 Å². The maximum Gasteiger partial charge on any atom is 0.0703 e. The first-order valence-corrected chi connectivity index (χ1v) is 7.08. The molecule has 2 fully saturated rings. The van der Waals surface area contributed by atoms with Crippen LogP contribution in [0.25, 0.3) is 0 Å². The second-order valence-corrected chi connectivity index (χ2v) is 5.94. The van der Waals surface area contributed by atoms with Gasteiger partial charge in [0, 0.05) is 32.7 Å². The van der Waals surface area contributed by atoms with Crippen molar-refractivity contribution in [2.24, 2.45) is 5.92 Å². The molecule has 0 aromatic carbocycles. The van der Waals surface area contributed by atoms with Crippen molar-refractivity contribution in [3.8, 4) is 0 Å². The second-order valence-electron chi connectivity index (χ2n) is 4.79. The predicted molar refractivity (Wildman–Crippen MR) is 65.4 cm³/mol. The van der Waals surface area contributed by atoms with Crippen LogP contribution in [0.4, 0.5) is 0 Å². The van der Waals surface area contributed by atoms with Gasteiger partial charge in [-0.3, -0.25) is 4.90 Å². The minimum absolute atomic E-state index is 0.0941. The Morgan fingerprint density at radius 2 is 2.07 bits per heavy atom. The van der Waals surface area contributed by atoms with Gasteiger partial charge in [0.15, 0.2) is 0 Å². The van der Waals surface area contributed by atoms with Crippen LogP contribution in [0.2, 0.25) is 0 Å². The number of aliphatic hydroxyl groups is 1.